The molecular formula is C14H11F2NO3. The van der Waals surface area contributed by atoms with Crippen molar-refractivity contribution in [2.75, 3.05) is 12.4 Å². The molecule has 0 atom stereocenters. The molecule has 0 aliphatic rings. The van der Waals surface area contributed by atoms with Crippen LogP contribution in [0.4, 0.5) is 19.3 Å². The topological polar surface area (TPSA) is 47.6 Å². The maximum atomic E-state index is 13.4. The van der Waals surface area contributed by atoms with Gasteiger partial charge in [-0.3, -0.25) is 5.32 Å². The summed E-state index contributed by atoms with van der Waals surface area (Å²) in [6.45, 7) is 0. The molecule has 2 aromatic carbocycles. The van der Waals surface area contributed by atoms with E-state index in [0.717, 1.165) is 6.07 Å². The van der Waals surface area contributed by atoms with Gasteiger partial charge in [-0.05, 0) is 36.4 Å². The van der Waals surface area contributed by atoms with Crippen LogP contribution in [0.15, 0.2) is 42.5 Å². The Kier molecular flexibility index (Phi) is 4.14. The Balaban J connectivity index is 2.11. The number of ether oxygens (including phenoxy) is 2. The molecule has 0 aliphatic heterocycles. The molecule has 2 rings (SSSR count). The summed E-state index contributed by atoms with van der Waals surface area (Å²) < 4.78 is 36.1. The van der Waals surface area contributed by atoms with E-state index in [9.17, 15) is 13.6 Å². The number of carbonyl (C=O) groups is 1. The highest BCUT2D eigenvalue weighted by Gasteiger charge is 2.09. The van der Waals surface area contributed by atoms with E-state index in [4.69, 9.17) is 4.74 Å². The lowest BCUT2D eigenvalue weighted by atomic mass is 10.3. The zero-order valence-electron chi connectivity index (χ0n) is 10.5. The predicted octanol–water partition coefficient (Wildman–Crippen LogP) is 3.94. The summed E-state index contributed by atoms with van der Waals surface area (Å²) in [5.74, 6) is -1.93. The summed E-state index contributed by atoms with van der Waals surface area (Å²) in [4.78, 5) is 11.0. The van der Waals surface area contributed by atoms with Crippen LogP contribution < -0.4 is 10.1 Å². The van der Waals surface area contributed by atoms with Gasteiger partial charge in [0.15, 0.2) is 11.6 Å². The van der Waals surface area contributed by atoms with E-state index in [0.29, 0.717) is 11.4 Å². The number of anilines is 1. The maximum absolute atomic E-state index is 13.4. The lowest BCUT2D eigenvalue weighted by Gasteiger charge is -2.08. The first-order valence-corrected chi connectivity index (χ1v) is 5.67. The quantitative estimate of drug-likeness (QED) is 0.925. The average Bonchev–Trinajstić information content (AvgIpc) is 2.46. The molecule has 0 bridgehead atoms. The Morgan fingerprint density at radius 1 is 1.10 bits per heavy atom. The Hall–Kier alpha value is -2.63. The van der Waals surface area contributed by atoms with Gasteiger partial charge in [0.1, 0.15) is 5.75 Å². The minimum atomic E-state index is -1.05. The largest absolute Gasteiger partial charge is 0.454 e. The number of amides is 1. The van der Waals surface area contributed by atoms with Crippen LogP contribution in [0.1, 0.15) is 0 Å². The molecule has 2 aromatic rings. The molecule has 20 heavy (non-hydrogen) atoms. The second-order valence-corrected chi connectivity index (χ2v) is 3.79. The van der Waals surface area contributed by atoms with E-state index in [2.05, 4.69) is 10.1 Å². The van der Waals surface area contributed by atoms with Crippen LogP contribution in [0.5, 0.6) is 11.5 Å². The van der Waals surface area contributed by atoms with Crippen molar-refractivity contribution in [3.05, 3.63) is 54.1 Å². The van der Waals surface area contributed by atoms with Crippen molar-refractivity contribution in [3.63, 3.8) is 0 Å². The number of rotatable bonds is 3. The van der Waals surface area contributed by atoms with E-state index in [1.54, 1.807) is 12.1 Å². The lowest BCUT2D eigenvalue weighted by molar-refractivity contribution is 0.187. The SMILES string of the molecule is COC(=O)Nc1ccc(Oc2cccc(F)c2F)cc1. The van der Waals surface area contributed by atoms with Gasteiger partial charge in [0.05, 0.1) is 7.11 Å². The van der Waals surface area contributed by atoms with Crippen molar-refractivity contribution in [2.45, 2.75) is 0 Å². The van der Waals surface area contributed by atoms with Gasteiger partial charge in [0, 0.05) is 5.69 Å². The van der Waals surface area contributed by atoms with Gasteiger partial charge < -0.3 is 9.47 Å². The molecule has 6 heteroatoms. The first-order valence-electron chi connectivity index (χ1n) is 5.67. The van der Waals surface area contributed by atoms with Gasteiger partial charge in [-0.1, -0.05) is 6.07 Å². The molecule has 0 aromatic heterocycles. The standard InChI is InChI=1S/C14H11F2NO3/c1-19-14(18)17-9-5-7-10(8-6-9)20-12-4-2-3-11(15)13(12)16/h2-8H,1H3,(H,17,18). The van der Waals surface area contributed by atoms with Crippen molar-refractivity contribution >= 4 is 11.8 Å². The van der Waals surface area contributed by atoms with Crippen molar-refractivity contribution in [1.29, 1.82) is 0 Å². The fraction of sp³-hybridized carbons (Fsp3) is 0.0714. The molecule has 1 N–H and O–H groups in total. The summed E-state index contributed by atoms with van der Waals surface area (Å²) in [6.07, 6.45) is -0.602. The normalized spacial score (nSPS) is 9.95. The Labute approximate surface area is 113 Å². The second-order valence-electron chi connectivity index (χ2n) is 3.79. The summed E-state index contributed by atoms with van der Waals surface area (Å²) in [7, 11) is 1.25. The third-order valence-corrected chi connectivity index (χ3v) is 2.43. The number of halogens is 2. The molecule has 0 fully saturated rings. The summed E-state index contributed by atoms with van der Waals surface area (Å²) in [5.41, 5.74) is 0.490. The highest BCUT2D eigenvalue weighted by molar-refractivity contribution is 5.84. The molecule has 0 aliphatic carbocycles. The molecule has 4 nitrogen and oxygen atoms in total. The van der Waals surface area contributed by atoms with Gasteiger partial charge in [-0.2, -0.15) is 4.39 Å². The highest BCUT2D eigenvalue weighted by atomic mass is 19.2. The number of carbonyl (C=O) groups excluding carboxylic acids is 1. The van der Waals surface area contributed by atoms with Crippen LogP contribution in [0.3, 0.4) is 0 Å². The van der Waals surface area contributed by atoms with E-state index >= 15 is 0 Å². The predicted molar refractivity (Wildman–Crippen MR) is 68.9 cm³/mol. The summed E-state index contributed by atoms with van der Waals surface area (Å²) in [5, 5.41) is 2.45. The van der Waals surface area contributed by atoms with Crippen LogP contribution in [0.25, 0.3) is 0 Å². The second kappa shape index (κ2) is 6.01. The summed E-state index contributed by atoms with van der Waals surface area (Å²) >= 11 is 0. The summed E-state index contributed by atoms with van der Waals surface area (Å²) in [6, 6.07) is 9.78. The average molecular weight is 279 g/mol. The van der Waals surface area contributed by atoms with E-state index in [1.807, 2.05) is 0 Å². The third kappa shape index (κ3) is 3.23. The minimum Gasteiger partial charge on any atom is -0.454 e. The van der Waals surface area contributed by atoms with Crippen molar-refractivity contribution < 1.29 is 23.0 Å². The number of hydrogen-bond acceptors (Lipinski definition) is 3. The van der Waals surface area contributed by atoms with Gasteiger partial charge >= 0.3 is 6.09 Å². The van der Waals surface area contributed by atoms with Gasteiger partial charge in [-0.25, -0.2) is 9.18 Å². The minimum absolute atomic E-state index is 0.210. The molecule has 0 unspecified atom stereocenters. The Morgan fingerprint density at radius 2 is 1.80 bits per heavy atom. The highest BCUT2D eigenvalue weighted by Crippen LogP contribution is 2.26. The van der Waals surface area contributed by atoms with Gasteiger partial charge in [0.2, 0.25) is 5.82 Å². The van der Waals surface area contributed by atoms with E-state index in [-0.39, 0.29) is 5.75 Å². The molecule has 0 saturated heterocycles. The molecule has 104 valence electrons. The molecule has 0 radical (unpaired) electrons. The monoisotopic (exact) mass is 279 g/mol. The smallest absolute Gasteiger partial charge is 0.411 e. The first kappa shape index (κ1) is 13.8. The fourth-order valence-corrected chi connectivity index (χ4v) is 1.46. The molecule has 0 spiro atoms. The number of nitrogens with one attached hydrogen (secondary N) is 1. The van der Waals surface area contributed by atoms with Crippen LogP contribution in [-0.4, -0.2) is 13.2 Å². The number of hydrogen-bond donors (Lipinski definition) is 1. The van der Waals surface area contributed by atoms with Crippen molar-refractivity contribution in [3.8, 4) is 11.5 Å². The number of methoxy groups -OCH3 is 1. The van der Waals surface area contributed by atoms with E-state index < -0.39 is 17.7 Å². The molecule has 0 heterocycles. The molecule has 1 amide bonds. The Bertz CT molecular complexity index is 614. The van der Waals surface area contributed by atoms with Crippen LogP contribution in [0.2, 0.25) is 0 Å². The van der Waals surface area contributed by atoms with Crippen molar-refractivity contribution in [2.24, 2.45) is 0 Å². The molecule has 0 saturated carbocycles. The van der Waals surface area contributed by atoms with E-state index in [1.165, 1.54) is 31.4 Å². The lowest BCUT2D eigenvalue weighted by Crippen LogP contribution is -2.10. The maximum Gasteiger partial charge on any atom is 0.411 e. The van der Waals surface area contributed by atoms with Crippen LogP contribution in [-0.2, 0) is 4.74 Å². The number of benzene rings is 2. The molecular weight excluding hydrogens is 268 g/mol. The van der Waals surface area contributed by atoms with Gasteiger partial charge in [-0.15, -0.1) is 0 Å². The third-order valence-electron chi connectivity index (χ3n) is 2.43. The zero-order chi connectivity index (χ0) is 14.5. The van der Waals surface area contributed by atoms with Crippen LogP contribution in [0, 0.1) is 11.6 Å². The fourth-order valence-electron chi connectivity index (χ4n) is 1.46. The zero-order valence-corrected chi connectivity index (χ0v) is 10.5. The van der Waals surface area contributed by atoms with Gasteiger partial charge in [0.25, 0.3) is 0 Å². The van der Waals surface area contributed by atoms with Crippen molar-refractivity contribution in [1.82, 2.24) is 0 Å². The first-order chi connectivity index (χ1) is 9.60. The van der Waals surface area contributed by atoms with Crippen LogP contribution >= 0.6 is 0 Å². The Morgan fingerprint density at radius 3 is 2.45 bits per heavy atom.